The molecule has 0 bridgehead atoms. The molecule has 0 saturated carbocycles. The minimum absolute atomic E-state index is 0.0506. The largest absolute Gasteiger partial charge is 0.507 e. The SMILES string of the molecule is CCCCOc1ccc(C(O)=C2C(=O)C(=O)N(c3nc(C)c(C(=O)OC)s3)[C@@H]2c2ccc(C)cc2)cc1C. The van der Waals surface area contributed by atoms with E-state index in [2.05, 4.69) is 11.9 Å². The molecule has 1 amide bonds. The maximum Gasteiger partial charge on any atom is 0.350 e. The quantitative estimate of drug-likeness (QED) is 0.131. The first-order valence-corrected chi connectivity index (χ1v) is 13.2. The van der Waals surface area contributed by atoms with E-state index >= 15 is 0 Å². The topological polar surface area (TPSA) is 106 Å². The normalized spacial score (nSPS) is 16.7. The number of esters is 1. The summed E-state index contributed by atoms with van der Waals surface area (Å²) in [5.41, 5.74) is 3.15. The van der Waals surface area contributed by atoms with Crippen molar-refractivity contribution in [2.75, 3.05) is 18.6 Å². The van der Waals surface area contributed by atoms with Gasteiger partial charge in [0.2, 0.25) is 0 Å². The zero-order valence-electron chi connectivity index (χ0n) is 22.0. The second kappa shape index (κ2) is 11.2. The summed E-state index contributed by atoms with van der Waals surface area (Å²) in [5, 5.41) is 11.6. The first-order valence-electron chi connectivity index (χ1n) is 12.3. The van der Waals surface area contributed by atoms with Crippen LogP contribution in [-0.2, 0) is 14.3 Å². The first-order chi connectivity index (χ1) is 18.2. The number of aromatic nitrogens is 1. The maximum atomic E-state index is 13.4. The summed E-state index contributed by atoms with van der Waals surface area (Å²) in [7, 11) is 1.27. The van der Waals surface area contributed by atoms with E-state index in [1.165, 1.54) is 12.0 Å². The number of amides is 1. The summed E-state index contributed by atoms with van der Waals surface area (Å²) in [5.74, 6) is -1.84. The molecule has 4 rings (SSSR count). The molecule has 3 aromatic rings. The number of Topliss-reactive ketones (excluding diaryl/α,β-unsaturated/α-hetero) is 1. The number of aliphatic hydroxyl groups excluding tert-OH is 1. The average molecular weight is 535 g/mol. The molecular weight excluding hydrogens is 504 g/mol. The first kappa shape index (κ1) is 27.1. The third-order valence-corrected chi connectivity index (χ3v) is 7.54. The molecule has 38 heavy (non-hydrogen) atoms. The molecule has 1 aromatic heterocycles. The number of nitrogens with zero attached hydrogens (tertiary/aromatic N) is 2. The van der Waals surface area contributed by atoms with Gasteiger partial charge in [0.1, 0.15) is 16.4 Å². The van der Waals surface area contributed by atoms with Gasteiger partial charge in [-0.3, -0.25) is 14.5 Å². The van der Waals surface area contributed by atoms with Crippen molar-refractivity contribution in [1.82, 2.24) is 4.98 Å². The van der Waals surface area contributed by atoms with Crippen LogP contribution in [0.15, 0.2) is 48.0 Å². The van der Waals surface area contributed by atoms with E-state index in [0.717, 1.165) is 35.3 Å². The molecule has 1 aliphatic rings. The zero-order chi connectivity index (χ0) is 27.6. The molecule has 8 nitrogen and oxygen atoms in total. The van der Waals surface area contributed by atoms with Crippen LogP contribution in [0.5, 0.6) is 5.75 Å². The molecule has 9 heteroatoms. The molecule has 1 N–H and O–H groups in total. The fourth-order valence-electron chi connectivity index (χ4n) is 4.30. The van der Waals surface area contributed by atoms with Crippen LogP contribution in [0.25, 0.3) is 5.76 Å². The molecule has 0 spiro atoms. The van der Waals surface area contributed by atoms with E-state index in [9.17, 15) is 19.5 Å². The van der Waals surface area contributed by atoms with E-state index in [4.69, 9.17) is 9.47 Å². The van der Waals surface area contributed by atoms with Crippen LogP contribution in [-0.4, -0.2) is 41.5 Å². The Morgan fingerprint density at radius 1 is 1.11 bits per heavy atom. The fourth-order valence-corrected chi connectivity index (χ4v) is 5.31. The Bertz CT molecular complexity index is 1420. The standard InChI is InChI=1S/C29H30N2O6S/c1-6-7-14-37-21-13-12-20(15-17(21)3)24(32)22-23(19-10-8-16(2)9-11-19)31(27(34)25(22)33)29-30-18(4)26(38-29)28(35)36-5/h8-13,15,23,32H,6-7,14H2,1-5H3/t23-/m1/s1. The lowest BCUT2D eigenvalue weighted by Crippen LogP contribution is -2.29. The number of thiazole rings is 1. The Balaban J connectivity index is 1.84. The second-order valence-electron chi connectivity index (χ2n) is 9.16. The smallest absolute Gasteiger partial charge is 0.350 e. The number of benzene rings is 2. The number of hydrogen-bond donors (Lipinski definition) is 1. The number of carbonyl (C=O) groups is 3. The number of carbonyl (C=O) groups excluding carboxylic acids is 3. The van der Waals surface area contributed by atoms with Crippen molar-refractivity contribution < 1.29 is 29.0 Å². The molecule has 1 saturated heterocycles. The van der Waals surface area contributed by atoms with Gasteiger partial charge in [-0.2, -0.15) is 0 Å². The highest BCUT2D eigenvalue weighted by Crippen LogP contribution is 2.44. The fraction of sp³-hybridized carbons (Fsp3) is 0.310. The third-order valence-electron chi connectivity index (χ3n) is 6.40. The lowest BCUT2D eigenvalue weighted by atomic mass is 9.94. The van der Waals surface area contributed by atoms with Crippen LogP contribution >= 0.6 is 11.3 Å². The van der Waals surface area contributed by atoms with Crippen LogP contribution in [0.4, 0.5) is 5.13 Å². The van der Waals surface area contributed by atoms with Crippen molar-refractivity contribution in [2.45, 2.75) is 46.6 Å². The molecule has 1 fully saturated rings. The number of ether oxygens (including phenoxy) is 2. The molecule has 0 radical (unpaired) electrons. The minimum Gasteiger partial charge on any atom is -0.507 e. The maximum absolute atomic E-state index is 13.4. The van der Waals surface area contributed by atoms with Crippen molar-refractivity contribution in [2.24, 2.45) is 0 Å². The Morgan fingerprint density at radius 2 is 1.82 bits per heavy atom. The van der Waals surface area contributed by atoms with Crippen LogP contribution in [0.3, 0.4) is 0 Å². The number of ketones is 1. The van der Waals surface area contributed by atoms with Crippen LogP contribution in [0, 0.1) is 20.8 Å². The summed E-state index contributed by atoms with van der Waals surface area (Å²) in [4.78, 5) is 44.9. The average Bonchev–Trinajstić information content (AvgIpc) is 3.41. The highest BCUT2D eigenvalue weighted by atomic mass is 32.1. The van der Waals surface area contributed by atoms with E-state index < -0.39 is 23.7 Å². The predicted octanol–water partition coefficient (Wildman–Crippen LogP) is 5.66. The summed E-state index contributed by atoms with van der Waals surface area (Å²) < 4.78 is 10.7. The Morgan fingerprint density at radius 3 is 2.45 bits per heavy atom. The van der Waals surface area contributed by atoms with Gasteiger partial charge >= 0.3 is 11.9 Å². The van der Waals surface area contributed by atoms with Gasteiger partial charge in [0.15, 0.2) is 5.13 Å². The molecule has 1 atom stereocenters. The zero-order valence-corrected chi connectivity index (χ0v) is 22.8. The van der Waals surface area contributed by atoms with Crippen molar-refractivity contribution >= 4 is 39.9 Å². The van der Waals surface area contributed by atoms with Crippen molar-refractivity contribution in [3.63, 3.8) is 0 Å². The second-order valence-corrected chi connectivity index (χ2v) is 10.1. The number of hydrogen-bond acceptors (Lipinski definition) is 8. The number of aliphatic hydroxyl groups is 1. The highest BCUT2D eigenvalue weighted by Gasteiger charge is 2.48. The van der Waals surface area contributed by atoms with E-state index in [1.807, 2.05) is 38.1 Å². The monoisotopic (exact) mass is 534 g/mol. The Kier molecular flexibility index (Phi) is 7.97. The molecule has 0 unspecified atom stereocenters. The number of anilines is 1. The highest BCUT2D eigenvalue weighted by molar-refractivity contribution is 7.17. The number of rotatable bonds is 8. The Hall–Kier alpha value is -3.98. The van der Waals surface area contributed by atoms with Gasteiger partial charge in [-0.15, -0.1) is 0 Å². The van der Waals surface area contributed by atoms with Crippen LogP contribution in [0.2, 0.25) is 0 Å². The third kappa shape index (κ3) is 5.06. The molecule has 2 aromatic carbocycles. The molecule has 2 heterocycles. The van der Waals surface area contributed by atoms with E-state index in [1.54, 1.807) is 25.1 Å². The number of methoxy groups -OCH3 is 1. The van der Waals surface area contributed by atoms with Crippen LogP contribution < -0.4 is 9.64 Å². The van der Waals surface area contributed by atoms with E-state index in [-0.39, 0.29) is 21.3 Å². The van der Waals surface area contributed by atoms with Gasteiger partial charge in [-0.1, -0.05) is 54.5 Å². The van der Waals surface area contributed by atoms with Gasteiger partial charge in [0.25, 0.3) is 5.78 Å². The summed E-state index contributed by atoms with van der Waals surface area (Å²) in [6.45, 7) is 8.10. The molecule has 198 valence electrons. The summed E-state index contributed by atoms with van der Waals surface area (Å²) >= 11 is 0.967. The molecule has 1 aliphatic heterocycles. The van der Waals surface area contributed by atoms with Crippen molar-refractivity contribution in [1.29, 1.82) is 0 Å². The molecular formula is C29H30N2O6S. The minimum atomic E-state index is -0.938. The van der Waals surface area contributed by atoms with Gasteiger partial charge in [0.05, 0.1) is 31.0 Å². The van der Waals surface area contributed by atoms with E-state index in [0.29, 0.717) is 29.2 Å². The predicted molar refractivity (Wildman–Crippen MR) is 146 cm³/mol. The molecule has 0 aliphatic carbocycles. The Labute approximate surface area is 225 Å². The van der Waals surface area contributed by atoms with Gasteiger partial charge in [-0.25, -0.2) is 9.78 Å². The number of unbranched alkanes of at least 4 members (excludes halogenated alkanes) is 1. The summed E-state index contributed by atoms with van der Waals surface area (Å²) in [6.07, 6.45) is 1.94. The van der Waals surface area contributed by atoms with Crippen LogP contribution in [0.1, 0.15) is 63.4 Å². The van der Waals surface area contributed by atoms with Gasteiger partial charge in [-0.05, 0) is 56.5 Å². The number of aryl methyl sites for hydroxylation is 3. The van der Waals surface area contributed by atoms with Gasteiger partial charge < -0.3 is 14.6 Å². The van der Waals surface area contributed by atoms with Crippen molar-refractivity contribution in [3.05, 3.63) is 80.9 Å². The lowest BCUT2D eigenvalue weighted by Gasteiger charge is -2.23. The van der Waals surface area contributed by atoms with Gasteiger partial charge in [0, 0.05) is 5.56 Å². The lowest BCUT2D eigenvalue weighted by molar-refractivity contribution is -0.132. The van der Waals surface area contributed by atoms with Crippen molar-refractivity contribution in [3.8, 4) is 5.75 Å². The summed E-state index contributed by atoms with van der Waals surface area (Å²) in [6, 6.07) is 11.6.